The maximum Gasteiger partial charge on any atom is 0.338 e. The fraction of sp³-hybridized carbons (Fsp3) is 0.333. The number of ether oxygens (including phenoxy) is 1. The number of nitro benzene ring substituents is 1. The standard InChI is InChI=1S/C12H12BrNO5/c1-2-19-12(16)9-3-8(5-11(15)7-13)4-10(6-9)14(17)18/h3-4,6H,2,5,7H2,1H3. The van der Waals surface area contributed by atoms with Crippen molar-refractivity contribution in [3.05, 3.63) is 39.4 Å². The molecule has 0 aliphatic rings. The van der Waals surface area contributed by atoms with Gasteiger partial charge in [0, 0.05) is 18.6 Å². The van der Waals surface area contributed by atoms with Crippen LogP contribution in [0.1, 0.15) is 22.8 Å². The zero-order valence-electron chi connectivity index (χ0n) is 10.2. The first kappa shape index (κ1) is 15.3. The summed E-state index contributed by atoms with van der Waals surface area (Å²) >= 11 is 3.02. The van der Waals surface area contributed by atoms with Crippen LogP contribution in [-0.4, -0.2) is 28.6 Å². The van der Waals surface area contributed by atoms with E-state index in [0.717, 1.165) is 6.07 Å². The van der Waals surface area contributed by atoms with E-state index in [2.05, 4.69) is 15.9 Å². The molecule has 7 heteroatoms. The Kier molecular flexibility index (Phi) is 5.62. The van der Waals surface area contributed by atoms with Crippen molar-refractivity contribution in [2.45, 2.75) is 13.3 Å². The molecule has 0 atom stereocenters. The van der Waals surface area contributed by atoms with Crippen molar-refractivity contribution < 1.29 is 19.2 Å². The lowest BCUT2D eigenvalue weighted by molar-refractivity contribution is -0.384. The highest BCUT2D eigenvalue weighted by Crippen LogP contribution is 2.19. The van der Waals surface area contributed by atoms with E-state index in [1.54, 1.807) is 6.92 Å². The zero-order valence-corrected chi connectivity index (χ0v) is 11.8. The van der Waals surface area contributed by atoms with Gasteiger partial charge in [-0.25, -0.2) is 4.79 Å². The number of benzene rings is 1. The summed E-state index contributed by atoms with van der Waals surface area (Å²) in [5.74, 6) is -0.769. The maximum atomic E-state index is 11.6. The van der Waals surface area contributed by atoms with Gasteiger partial charge in [-0.05, 0) is 18.6 Å². The Hall–Kier alpha value is -1.76. The number of halogens is 1. The van der Waals surface area contributed by atoms with Crippen LogP contribution in [0.3, 0.4) is 0 Å². The van der Waals surface area contributed by atoms with Gasteiger partial charge in [0.1, 0.15) is 5.78 Å². The third-order valence-electron chi connectivity index (χ3n) is 2.25. The largest absolute Gasteiger partial charge is 0.462 e. The molecular weight excluding hydrogens is 318 g/mol. The van der Waals surface area contributed by atoms with Crippen LogP contribution < -0.4 is 0 Å². The van der Waals surface area contributed by atoms with E-state index < -0.39 is 10.9 Å². The van der Waals surface area contributed by atoms with Crippen molar-refractivity contribution in [1.82, 2.24) is 0 Å². The fourth-order valence-electron chi connectivity index (χ4n) is 1.49. The molecule has 0 aliphatic heterocycles. The number of carbonyl (C=O) groups is 2. The number of esters is 1. The monoisotopic (exact) mass is 329 g/mol. The second-order valence-electron chi connectivity index (χ2n) is 3.71. The summed E-state index contributed by atoms with van der Waals surface area (Å²) in [6.45, 7) is 1.82. The summed E-state index contributed by atoms with van der Waals surface area (Å²) in [6, 6.07) is 3.86. The third kappa shape index (κ3) is 4.44. The molecule has 0 spiro atoms. The molecule has 1 rings (SSSR count). The summed E-state index contributed by atoms with van der Waals surface area (Å²) in [5.41, 5.74) is 0.262. The van der Waals surface area contributed by atoms with Crippen LogP contribution in [0.5, 0.6) is 0 Å². The quantitative estimate of drug-likeness (QED) is 0.346. The van der Waals surface area contributed by atoms with E-state index in [9.17, 15) is 19.7 Å². The summed E-state index contributed by atoms with van der Waals surface area (Å²) < 4.78 is 4.79. The molecule has 1 aromatic rings. The highest BCUT2D eigenvalue weighted by molar-refractivity contribution is 9.09. The van der Waals surface area contributed by atoms with Gasteiger partial charge >= 0.3 is 5.97 Å². The molecule has 0 saturated heterocycles. The van der Waals surface area contributed by atoms with Crippen molar-refractivity contribution in [1.29, 1.82) is 0 Å². The number of hydrogen-bond donors (Lipinski definition) is 0. The van der Waals surface area contributed by atoms with Gasteiger partial charge in [0.05, 0.1) is 22.4 Å². The lowest BCUT2D eigenvalue weighted by atomic mass is 10.0. The summed E-state index contributed by atoms with van der Waals surface area (Å²) in [7, 11) is 0. The van der Waals surface area contributed by atoms with E-state index in [0.29, 0.717) is 5.56 Å². The highest BCUT2D eigenvalue weighted by atomic mass is 79.9. The second kappa shape index (κ2) is 6.98. The van der Waals surface area contributed by atoms with Gasteiger partial charge in [-0.15, -0.1) is 0 Å². The zero-order chi connectivity index (χ0) is 14.4. The maximum absolute atomic E-state index is 11.6. The number of non-ortho nitro benzene ring substituents is 1. The molecule has 0 amide bonds. The second-order valence-corrected chi connectivity index (χ2v) is 4.28. The van der Waals surface area contributed by atoms with E-state index in [4.69, 9.17) is 4.74 Å². The molecule has 0 unspecified atom stereocenters. The molecule has 0 heterocycles. The van der Waals surface area contributed by atoms with E-state index >= 15 is 0 Å². The van der Waals surface area contributed by atoms with E-state index in [-0.39, 0.29) is 35.4 Å². The average molecular weight is 330 g/mol. The van der Waals surface area contributed by atoms with Crippen LogP contribution in [0, 0.1) is 10.1 Å². The summed E-state index contributed by atoms with van der Waals surface area (Å²) in [4.78, 5) is 33.1. The fourth-order valence-corrected chi connectivity index (χ4v) is 1.69. The van der Waals surface area contributed by atoms with Gasteiger partial charge in [0.25, 0.3) is 5.69 Å². The van der Waals surface area contributed by atoms with Crippen LogP contribution in [0.25, 0.3) is 0 Å². The predicted octanol–water partition coefficient (Wildman–Crippen LogP) is 2.28. The first-order chi connectivity index (χ1) is 8.97. The van der Waals surface area contributed by atoms with Crippen molar-refractivity contribution in [3.8, 4) is 0 Å². The Balaban J connectivity index is 3.14. The Labute approximate surface area is 118 Å². The molecule has 0 fully saturated rings. The van der Waals surface area contributed by atoms with Crippen LogP contribution >= 0.6 is 15.9 Å². The van der Waals surface area contributed by atoms with Crippen molar-refractivity contribution in [2.75, 3.05) is 11.9 Å². The highest BCUT2D eigenvalue weighted by Gasteiger charge is 2.16. The SMILES string of the molecule is CCOC(=O)c1cc(CC(=O)CBr)cc([N+](=O)[O-])c1. The van der Waals surface area contributed by atoms with Crippen LogP contribution in [0.2, 0.25) is 0 Å². The lowest BCUT2D eigenvalue weighted by Crippen LogP contribution is -2.09. The number of alkyl halides is 1. The molecule has 0 N–H and O–H groups in total. The smallest absolute Gasteiger partial charge is 0.338 e. The molecule has 0 radical (unpaired) electrons. The number of nitro groups is 1. The van der Waals surface area contributed by atoms with Crippen LogP contribution in [0.4, 0.5) is 5.69 Å². The Morgan fingerprint density at radius 1 is 1.37 bits per heavy atom. The molecule has 6 nitrogen and oxygen atoms in total. The molecule has 19 heavy (non-hydrogen) atoms. The molecule has 0 aliphatic carbocycles. The predicted molar refractivity (Wildman–Crippen MR) is 71.6 cm³/mol. The third-order valence-corrected chi connectivity index (χ3v) is 2.88. The van der Waals surface area contributed by atoms with Crippen molar-refractivity contribution in [2.24, 2.45) is 0 Å². The first-order valence-electron chi connectivity index (χ1n) is 5.51. The summed E-state index contributed by atoms with van der Waals surface area (Å²) in [6.07, 6.45) is 0.0271. The van der Waals surface area contributed by atoms with Crippen molar-refractivity contribution in [3.63, 3.8) is 0 Å². The molecule has 1 aromatic carbocycles. The van der Waals surface area contributed by atoms with Crippen molar-refractivity contribution >= 4 is 33.4 Å². The summed E-state index contributed by atoms with van der Waals surface area (Å²) in [5, 5.41) is 11.0. The topological polar surface area (TPSA) is 86.5 Å². The Morgan fingerprint density at radius 2 is 2.05 bits per heavy atom. The number of carbonyl (C=O) groups excluding carboxylic acids is 2. The molecule has 0 bridgehead atoms. The molecular formula is C12H12BrNO5. The minimum atomic E-state index is -0.640. The molecule has 102 valence electrons. The minimum Gasteiger partial charge on any atom is -0.462 e. The number of ketones is 1. The molecule has 0 aromatic heterocycles. The van der Waals surface area contributed by atoms with E-state index in [1.165, 1.54) is 12.1 Å². The number of hydrogen-bond acceptors (Lipinski definition) is 5. The van der Waals surface area contributed by atoms with Crippen LogP contribution in [0.15, 0.2) is 18.2 Å². The number of rotatable bonds is 6. The number of Topliss-reactive ketones (excluding diaryl/α,β-unsaturated/α-hetero) is 1. The lowest BCUT2D eigenvalue weighted by Gasteiger charge is -2.05. The Morgan fingerprint density at radius 3 is 2.58 bits per heavy atom. The van der Waals surface area contributed by atoms with Crippen LogP contribution in [-0.2, 0) is 16.0 Å². The average Bonchev–Trinajstić information content (AvgIpc) is 2.38. The normalized spacial score (nSPS) is 10.0. The Bertz CT molecular complexity index is 515. The van der Waals surface area contributed by atoms with Gasteiger partial charge in [-0.1, -0.05) is 15.9 Å². The van der Waals surface area contributed by atoms with E-state index in [1.807, 2.05) is 0 Å². The van der Waals surface area contributed by atoms with Gasteiger partial charge in [-0.2, -0.15) is 0 Å². The number of nitrogens with zero attached hydrogens (tertiary/aromatic N) is 1. The van der Waals surface area contributed by atoms with Gasteiger partial charge in [0.15, 0.2) is 0 Å². The van der Waals surface area contributed by atoms with Gasteiger partial charge < -0.3 is 4.74 Å². The first-order valence-corrected chi connectivity index (χ1v) is 6.63. The molecule has 0 saturated carbocycles. The van der Waals surface area contributed by atoms with Gasteiger partial charge in [-0.3, -0.25) is 14.9 Å². The minimum absolute atomic E-state index is 0.0271. The van der Waals surface area contributed by atoms with Gasteiger partial charge in [0.2, 0.25) is 0 Å².